The highest BCUT2D eigenvalue weighted by Crippen LogP contribution is 2.30. The number of rotatable bonds is 2. The monoisotopic (exact) mass is 257 g/mol. The molecule has 1 N–H and O–H groups in total. The molecule has 0 aromatic heterocycles. The second kappa shape index (κ2) is 4.93. The molecule has 86 valence electrons. The van der Waals surface area contributed by atoms with Gasteiger partial charge >= 0.3 is 0 Å². The molecule has 1 aromatic rings. The van der Waals surface area contributed by atoms with Crippen molar-refractivity contribution in [1.29, 1.82) is 0 Å². The fourth-order valence-corrected chi connectivity index (χ4v) is 2.13. The number of likely N-dealkylation sites (N-methyl/N-ethyl adjacent to an activating group) is 1. The molecule has 0 amide bonds. The Balaban J connectivity index is 2.21. The van der Waals surface area contributed by atoms with Gasteiger partial charge in [0.15, 0.2) is 5.96 Å². The van der Waals surface area contributed by atoms with E-state index in [0.717, 1.165) is 31.3 Å². The Labute approximate surface area is 105 Å². The van der Waals surface area contributed by atoms with E-state index in [0.29, 0.717) is 10.0 Å². The number of nitrogens with one attached hydrogen (secondary N) is 1. The fraction of sp³-hybridized carbons (Fsp3) is 0.364. The van der Waals surface area contributed by atoms with Crippen molar-refractivity contribution in [2.24, 2.45) is 4.99 Å². The number of guanidine groups is 1. The smallest absolute Gasteiger partial charge is 0.198 e. The maximum absolute atomic E-state index is 6.08. The molecule has 2 rings (SSSR count). The van der Waals surface area contributed by atoms with E-state index in [2.05, 4.69) is 22.1 Å². The first-order valence-corrected chi connectivity index (χ1v) is 5.98. The molecule has 0 saturated carbocycles. The van der Waals surface area contributed by atoms with Crippen LogP contribution < -0.4 is 5.32 Å². The number of anilines is 1. The Morgan fingerprint density at radius 1 is 1.38 bits per heavy atom. The second-order valence-electron chi connectivity index (χ2n) is 3.51. The van der Waals surface area contributed by atoms with E-state index in [1.54, 1.807) is 0 Å². The lowest BCUT2D eigenvalue weighted by atomic mass is 10.3. The van der Waals surface area contributed by atoms with Crippen molar-refractivity contribution in [2.75, 3.05) is 25.0 Å². The van der Waals surface area contributed by atoms with E-state index in [1.165, 1.54) is 0 Å². The summed E-state index contributed by atoms with van der Waals surface area (Å²) in [5.41, 5.74) is 0.727. The molecule has 0 bridgehead atoms. The predicted molar refractivity (Wildman–Crippen MR) is 69.6 cm³/mol. The van der Waals surface area contributed by atoms with E-state index >= 15 is 0 Å². The average Bonchev–Trinajstić information content (AvgIpc) is 2.71. The van der Waals surface area contributed by atoms with Gasteiger partial charge < -0.3 is 10.2 Å². The summed E-state index contributed by atoms with van der Waals surface area (Å²) in [6.45, 7) is 4.78. The summed E-state index contributed by atoms with van der Waals surface area (Å²) in [5, 5.41) is 4.41. The van der Waals surface area contributed by atoms with Crippen LogP contribution in [0.4, 0.5) is 5.69 Å². The van der Waals surface area contributed by atoms with Crippen LogP contribution in [0.1, 0.15) is 6.92 Å². The Morgan fingerprint density at radius 2 is 2.06 bits per heavy atom. The van der Waals surface area contributed by atoms with Crippen LogP contribution in [0.2, 0.25) is 10.0 Å². The third kappa shape index (κ3) is 2.25. The highest BCUT2D eigenvalue weighted by atomic mass is 35.5. The van der Waals surface area contributed by atoms with Gasteiger partial charge in [-0.3, -0.25) is 4.99 Å². The number of nitrogens with zero attached hydrogens (tertiary/aromatic N) is 2. The number of hydrogen-bond acceptors (Lipinski definition) is 3. The molecule has 0 radical (unpaired) electrons. The molecular weight excluding hydrogens is 245 g/mol. The largest absolute Gasteiger partial charge is 0.341 e. The van der Waals surface area contributed by atoms with E-state index in [-0.39, 0.29) is 0 Å². The van der Waals surface area contributed by atoms with E-state index in [4.69, 9.17) is 23.2 Å². The Hall–Kier alpha value is -0.930. The molecule has 16 heavy (non-hydrogen) atoms. The minimum absolute atomic E-state index is 0.609. The second-order valence-corrected chi connectivity index (χ2v) is 4.32. The molecule has 0 spiro atoms. The van der Waals surface area contributed by atoms with Gasteiger partial charge in [0.1, 0.15) is 0 Å². The number of aliphatic imine (C=N–C) groups is 1. The van der Waals surface area contributed by atoms with Crippen molar-refractivity contribution in [3.05, 3.63) is 28.2 Å². The molecule has 1 aliphatic heterocycles. The molecule has 1 aromatic carbocycles. The Morgan fingerprint density at radius 3 is 2.69 bits per heavy atom. The average molecular weight is 258 g/mol. The van der Waals surface area contributed by atoms with Crippen molar-refractivity contribution in [3.8, 4) is 0 Å². The first-order valence-electron chi connectivity index (χ1n) is 5.22. The minimum atomic E-state index is 0.609. The van der Waals surface area contributed by atoms with Gasteiger partial charge in [-0.2, -0.15) is 0 Å². The van der Waals surface area contributed by atoms with Gasteiger partial charge in [0.05, 0.1) is 22.3 Å². The first-order chi connectivity index (χ1) is 7.72. The summed E-state index contributed by atoms with van der Waals surface area (Å²) in [6.07, 6.45) is 0. The highest BCUT2D eigenvalue weighted by molar-refractivity contribution is 6.39. The van der Waals surface area contributed by atoms with Crippen LogP contribution in [0, 0.1) is 0 Å². The molecule has 1 heterocycles. The quantitative estimate of drug-likeness (QED) is 0.882. The topological polar surface area (TPSA) is 27.6 Å². The molecule has 0 aliphatic carbocycles. The summed E-state index contributed by atoms with van der Waals surface area (Å²) in [7, 11) is 0. The summed E-state index contributed by atoms with van der Waals surface area (Å²) in [6, 6.07) is 5.44. The van der Waals surface area contributed by atoms with Gasteiger partial charge in [-0.25, -0.2) is 0 Å². The van der Waals surface area contributed by atoms with Crippen molar-refractivity contribution in [3.63, 3.8) is 0 Å². The fourth-order valence-electron chi connectivity index (χ4n) is 1.64. The molecule has 0 fully saturated rings. The zero-order valence-electron chi connectivity index (χ0n) is 9.00. The van der Waals surface area contributed by atoms with E-state index in [1.807, 2.05) is 18.2 Å². The highest BCUT2D eigenvalue weighted by Gasteiger charge is 2.17. The predicted octanol–water partition coefficient (Wildman–Crippen LogP) is 3.10. The minimum Gasteiger partial charge on any atom is -0.341 e. The van der Waals surface area contributed by atoms with E-state index in [9.17, 15) is 0 Å². The van der Waals surface area contributed by atoms with Gasteiger partial charge in [-0.1, -0.05) is 29.3 Å². The number of para-hydroxylation sites is 1. The SMILES string of the molecule is CCN1CCN=C1Nc1c(Cl)cccc1Cl. The molecule has 0 saturated heterocycles. The molecular formula is C11H13Cl2N3. The summed E-state index contributed by atoms with van der Waals surface area (Å²) in [4.78, 5) is 6.53. The van der Waals surface area contributed by atoms with Crippen LogP contribution in [0.5, 0.6) is 0 Å². The third-order valence-corrected chi connectivity index (χ3v) is 3.14. The Bertz CT molecular complexity index is 397. The molecule has 0 atom stereocenters. The standard InChI is InChI=1S/C11H13Cl2N3/c1-2-16-7-6-14-11(16)15-10-8(12)4-3-5-9(10)13/h3-5H,2,6-7H2,1H3,(H,14,15). The molecule has 5 heteroatoms. The third-order valence-electron chi connectivity index (χ3n) is 2.51. The van der Waals surface area contributed by atoms with Crippen molar-refractivity contribution >= 4 is 34.8 Å². The van der Waals surface area contributed by atoms with Gasteiger partial charge in [-0.05, 0) is 19.1 Å². The molecule has 3 nitrogen and oxygen atoms in total. The first kappa shape index (κ1) is 11.6. The van der Waals surface area contributed by atoms with Crippen LogP contribution in [0.15, 0.2) is 23.2 Å². The summed E-state index contributed by atoms with van der Waals surface area (Å²) < 4.78 is 0. The number of halogens is 2. The lowest BCUT2D eigenvalue weighted by Gasteiger charge is -2.19. The molecule has 1 aliphatic rings. The summed E-state index contributed by atoms with van der Waals surface area (Å²) in [5.74, 6) is 0.845. The van der Waals surface area contributed by atoms with Gasteiger partial charge in [-0.15, -0.1) is 0 Å². The van der Waals surface area contributed by atoms with E-state index < -0.39 is 0 Å². The van der Waals surface area contributed by atoms with Crippen LogP contribution in [0.25, 0.3) is 0 Å². The van der Waals surface area contributed by atoms with Crippen LogP contribution in [-0.2, 0) is 0 Å². The summed E-state index contributed by atoms with van der Waals surface area (Å²) >= 11 is 12.2. The molecule has 0 unspecified atom stereocenters. The zero-order valence-corrected chi connectivity index (χ0v) is 10.5. The Kier molecular flexibility index (Phi) is 3.56. The van der Waals surface area contributed by atoms with Crippen molar-refractivity contribution in [2.45, 2.75) is 6.92 Å². The van der Waals surface area contributed by atoms with Crippen LogP contribution in [-0.4, -0.2) is 30.5 Å². The normalized spacial score (nSPS) is 15.2. The lowest BCUT2D eigenvalue weighted by Crippen LogP contribution is -2.32. The zero-order chi connectivity index (χ0) is 11.5. The number of hydrogen-bond donors (Lipinski definition) is 1. The van der Waals surface area contributed by atoms with Gasteiger partial charge in [0, 0.05) is 13.1 Å². The maximum atomic E-state index is 6.08. The van der Waals surface area contributed by atoms with Gasteiger partial charge in [0.25, 0.3) is 0 Å². The van der Waals surface area contributed by atoms with Crippen LogP contribution in [0.3, 0.4) is 0 Å². The number of benzene rings is 1. The van der Waals surface area contributed by atoms with Crippen molar-refractivity contribution < 1.29 is 0 Å². The van der Waals surface area contributed by atoms with Crippen molar-refractivity contribution in [1.82, 2.24) is 4.90 Å². The van der Waals surface area contributed by atoms with Gasteiger partial charge in [0.2, 0.25) is 0 Å². The maximum Gasteiger partial charge on any atom is 0.198 e. The lowest BCUT2D eigenvalue weighted by molar-refractivity contribution is 0.482. The van der Waals surface area contributed by atoms with Crippen LogP contribution >= 0.6 is 23.2 Å².